The van der Waals surface area contributed by atoms with E-state index in [1.165, 1.54) is 6.20 Å². The van der Waals surface area contributed by atoms with Crippen molar-refractivity contribution in [3.63, 3.8) is 0 Å². The number of hydrogen-bond acceptors (Lipinski definition) is 4. The van der Waals surface area contributed by atoms with Gasteiger partial charge in [-0.25, -0.2) is 0 Å². The van der Waals surface area contributed by atoms with E-state index in [1.807, 2.05) is 12.1 Å². The Hall–Kier alpha value is -2.87. The van der Waals surface area contributed by atoms with Crippen LogP contribution in [-0.4, -0.2) is 10.9 Å². The van der Waals surface area contributed by atoms with Crippen molar-refractivity contribution in [1.29, 1.82) is 5.26 Å². The number of benzene rings is 1. The number of hydrogen-bond donors (Lipinski definition) is 1. The molecule has 0 aliphatic carbocycles. The number of carbonyl (C=O) groups is 1. The fourth-order valence-electron chi connectivity index (χ4n) is 2.10. The van der Waals surface area contributed by atoms with Crippen LogP contribution in [0.1, 0.15) is 17.5 Å². The zero-order valence-corrected chi connectivity index (χ0v) is 10.6. The maximum atomic E-state index is 11.3. The van der Waals surface area contributed by atoms with E-state index in [9.17, 15) is 4.79 Å². The smallest absolute Gasteiger partial charge is 0.224 e. The zero-order valence-electron chi connectivity index (χ0n) is 10.6. The molecule has 0 unspecified atom stereocenters. The minimum absolute atomic E-state index is 0.0326. The topological polar surface area (TPSA) is 75.0 Å². The number of anilines is 1. The van der Waals surface area contributed by atoms with Crippen LogP contribution < -0.4 is 10.1 Å². The van der Waals surface area contributed by atoms with Gasteiger partial charge in [-0.3, -0.25) is 9.78 Å². The van der Waals surface area contributed by atoms with Crippen LogP contribution in [0.15, 0.2) is 36.7 Å². The minimum Gasteiger partial charge on any atom is -0.454 e. The molecule has 0 fully saturated rings. The third-order valence-electron chi connectivity index (χ3n) is 3.10. The van der Waals surface area contributed by atoms with E-state index in [2.05, 4.69) is 16.4 Å². The largest absolute Gasteiger partial charge is 0.454 e. The Kier molecular flexibility index (Phi) is 3.05. The minimum atomic E-state index is 0.0326. The van der Waals surface area contributed by atoms with Crippen LogP contribution in [0.2, 0.25) is 0 Å². The first-order valence-electron chi connectivity index (χ1n) is 6.21. The summed E-state index contributed by atoms with van der Waals surface area (Å²) in [5.41, 5.74) is 2.29. The van der Waals surface area contributed by atoms with Crippen molar-refractivity contribution in [2.45, 2.75) is 12.8 Å². The molecular formula is C15H11N3O2. The molecule has 20 heavy (non-hydrogen) atoms. The van der Waals surface area contributed by atoms with Gasteiger partial charge in [-0.15, -0.1) is 0 Å². The monoisotopic (exact) mass is 265 g/mol. The molecule has 2 heterocycles. The van der Waals surface area contributed by atoms with Gasteiger partial charge in [0.25, 0.3) is 0 Å². The lowest BCUT2D eigenvalue weighted by Crippen LogP contribution is -2.18. The predicted octanol–water partition coefficient (Wildman–Crippen LogP) is 2.63. The Labute approximate surface area is 115 Å². The van der Waals surface area contributed by atoms with Crippen LogP contribution >= 0.6 is 0 Å². The highest BCUT2D eigenvalue weighted by Gasteiger charge is 2.15. The van der Waals surface area contributed by atoms with Gasteiger partial charge >= 0.3 is 0 Å². The molecule has 1 aliphatic heterocycles. The number of aromatic nitrogens is 1. The van der Waals surface area contributed by atoms with E-state index in [4.69, 9.17) is 10.00 Å². The van der Waals surface area contributed by atoms with Crippen molar-refractivity contribution in [3.8, 4) is 17.6 Å². The summed E-state index contributed by atoms with van der Waals surface area (Å²) in [6.45, 7) is 0. The SMILES string of the molecule is N#Cc1ccncc1Oc1ccc2c(c1)CCC(=O)N2. The molecule has 0 saturated carbocycles. The molecule has 1 aromatic carbocycles. The van der Waals surface area contributed by atoms with Gasteiger partial charge in [0.05, 0.1) is 11.8 Å². The molecular weight excluding hydrogens is 254 g/mol. The summed E-state index contributed by atoms with van der Waals surface area (Å²) in [5, 5.41) is 11.8. The molecule has 5 nitrogen and oxygen atoms in total. The van der Waals surface area contributed by atoms with Crippen molar-refractivity contribution in [3.05, 3.63) is 47.8 Å². The third kappa shape index (κ3) is 2.31. The molecule has 2 aromatic rings. The number of pyridine rings is 1. The van der Waals surface area contributed by atoms with Gasteiger partial charge < -0.3 is 10.1 Å². The van der Waals surface area contributed by atoms with Gasteiger partial charge in [0.2, 0.25) is 5.91 Å². The molecule has 0 radical (unpaired) electrons. The summed E-state index contributed by atoms with van der Waals surface area (Å²) in [6, 6.07) is 9.12. The zero-order chi connectivity index (χ0) is 13.9. The second-order valence-corrected chi connectivity index (χ2v) is 4.45. The lowest BCUT2D eigenvalue weighted by Gasteiger charge is -2.17. The van der Waals surface area contributed by atoms with Gasteiger partial charge in [0.1, 0.15) is 11.8 Å². The Bertz CT molecular complexity index is 719. The number of rotatable bonds is 2. The maximum absolute atomic E-state index is 11.3. The molecule has 0 bridgehead atoms. The number of carbonyl (C=O) groups excluding carboxylic acids is 1. The van der Waals surface area contributed by atoms with E-state index in [1.54, 1.807) is 18.3 Å². The van der Waals surface area contributed by atoms with Crippen LogP contribution in [0.3, 0.4) is 0 Å². The molecule has 3 rings (SSSR count). The van der Waals surface area contributed by atoms with E-state index < -0.39 is 0 Å². The van der Waals surface area contributed by atoms with Gasteiger partial charge in [-0.05, 0) is 36.2 Å². The number of fused-ring (bicyclic) bond motifs is 1. The summed E-state index contributed by atoms with van der Waals surface area (Å²) >= 11 is 0. The Morgan fingerprint density at radius 1 is 1.30 bits per heavy atom. The summed E-state index contributed by atoms with van der Waals surface area (Å²) in [4.78, 5) is 15.3. The highest BCUT2D eigenvalue weighted by molar-refractivity contribution is 5.94. The third-order valence-corrected chi connectivity index (χ3v) is 3.10. The number of ether oxygens (including phenoxy) is 1. The number of nitriles is 1. The van der Waals surface area contributed by atoms with Crippen LogP contribution in [0.5, 0.6) is 11.5 Å². The first-order chi connectivity index (χ1) is 9.76. The second kappa shape index (κ2) is 5.02. The number of nitrogens with one attached hydrogen (secondary N) is 1. The van der Waals surface area contributed by atoms with Gasteiger partial charge in [-0.2, -0.15) is 5.26 Å². The van der Waals surface area contributed by atoms with Crippen molar-refractivity contribution < 1.29 is 9.53 Å². The van der Waals surface area contributed by atoms with Crippen LogP contribution in [0.25, 0.3) is 0 Å². The Morgan fingerprint density at radius 2 is 2.20 bits per heavy atom. The van der Waals surface area contributed by atoms with E-state index in [0.717, 1.165) is 11.3 Å². The number of nitrogens with zero attached hydrogens (tertiary/aromatic N) is 2. The highest BCUT2D eigenvalue weighted by Crippen LogP contribution is 2.30. The van der Waals surface area contributed by atoms with Crippen LogP contribution in [0, 0.1) is 11.3 Å². The quantitative estimate of drug-likeness (QED) is 0.905. The fraction of sp³-hybridized carbons (Fsp3) is 0.133. The molecule has 0 atom stereocenters. The van der Waals surface area contributed by atoms with Crippen molar-refractivity contribution in [1.82, 2.24) is 4.98 Å². The lowest BCUT2D eigenvalue weighted by molar-refractivity contribution is -0.116. The molecule has 0 spiro atoms. The molecule has 1 amide bonds. The fourth-order valence-corrected chi connectivity index (χ4v) is 2.10. The molecule has 1 N–H and O–H groups in total. The first kappa shape index (κ1) is 12.2. The normalized spacial score (nSPS) is 13.1. The average Bonchev–Trinajstić information content (AvgIpc) is 2.48. The summed E-state index contributed by atoms with van der Waals surface area (Å²) < 4.78 is 5.70. The van der Waals surface area contributed by atoms with E-state index in [-0.39, 0.29) is 5.91 Å². The standard InChI is InChI=1S/C15H11N3O2/c16-8-11-5-6-17-9-14(11)20-12-2-3-13-10(7-12)1-4-15(19)18-13/h2-3,5-7,9H,1,4H2,(H,18,19). The molecule has 1 aliphatic rings. The highest BCUT2D eigenvalue weighted by atomic mass is 16.5. The van der Waals surface area contributed by atoms with Crippen molar-refractivity contribution in [2.24, 2.45) is 0 Å². The van der Waals surface area contributed by atoms with Gasteiger partial charge in [0.15, 0.2) is 5.75 Å². The lowest BCUT2D eigenvalue weighted by atomic mass is 10.0. The van der Waals surface area contributed by atoms with Gasteiger partial charge in [-0.1, -0.05) is 0 Å². The van der Waals surface area contributed by atoms with Crippen molar-refractivity contribution in [2.75, 3.05) is 5.32 Å². The predicted molar refractivity (Wildman–Crippen MR) is 72.4 cm³/mol. The molecule has 98 valence electrons. The summed E-state index contributed by atoms with van der Waals surface area (Å²) in [7, 11) is 0. The molecule has 0 saturated heterocycles. The Balaban J connectivity index is 1.89. The number of amides is 1. The molecule has 1 aromatic heterocycles. The number of aryl methyl sites for hydroxylation is 1. The maximum Gasteiger partial charge on any atom is 0.224 e. The van der Waals surface area contributed by atoms with E-state index >= 15 is 0 Å². The Morgan fingerprint density at radius 3 is 3.05 bits per heavy atom. The average molecular weight is 265 g/mol. The van der Waals surface area contributed by atoms with Crippen LogP contribution in [0.4, 0.5) is 5.69 Å². The first-order valence-corrected chi connectivity index (χ1v) is 6.21. The van der Waals surface area contributed by atoms with Crippen LogP contribution in [-0.2, 0) is 11.2 Å². The molecule has 5 heteroatoms. The van der Waals surface area contributed by atoms with Crippen molar-refractivity contribution >= 4 is 11.6 Å². The summed E-state index contributed by atoms with van der Waals surface area (Å²) in [6.07, 6.45) is 4.23. The van der Waals surface area contributed by atoms with E-state index in [0.29, 0.717) is 29.9 Å². The second-order valence-electron chi connectivity index (χ2n) is 4.45. The summed E-state index contributed by atoms with van der Waals surface area (Å²) in [5.74, 6) is 1.09. The van der Waals surface area contributed by atoms with Gasteiger partial charge in [0, 0.05) is 18.3 Å².